The zero-order valence-electron chi connectivity index (χ0n) is 10.1. The van der Waals surface area contributed by atoms with Gasteiger partial charge in [0.25, 0.3) is 0 Å². The molecule has 0 spiro atoms. The summed E-state index contributed by atoms with van der Waals surface area (Å²) in [4.78, 5) is 8.89. The highest BCUT2D eigenvalue weighted by Gasteiger charge is 2.17. The maximum atomic E-state index is 8.99. The van der Waals surface area contributed by atoms with Gasteiger partial charge in [0, 0.05) is 37.8 Å². The predicted octanol–water partition coefficient (Wildman–Crippen LogP) is -1.10. The van der Waals surface area contributed by atoms with Crippen LogP contribution in [-0.4, -0.2) is 59.8 Å². The Labute approximate surface area is 102 Å². The molecule has 0 radical (unpaired) electrons. The Hall–Kier alpha value is -1.11. The molecule has 0 bridgehead atoms. The van der Waals surface area contributed by atoms with Crippen LogP contribution in [0.15, 0.2) is 18.3 Å². The van der Waals surface area contributed by atoms with Crippen molar-refractivity contribution >= 4 is 18.4 Å². The molecule has 17 heavy (non-hydrogen) atoms. The van der Waals surface area contributed by atoms with Gasteiger partial charge in [-0.25, -0.2) is 4.98 Å². The van der Waals surface area contributed by atoms with Crippen LogP contribution >= 0.6 is 0 Å². The fourth-order valence-electron chi connectivity index (χ4n) is 2.03. The monoisotopic (exact) mass is 235 g/mol. The van der Waals surface area contributed by atoms with Crippen LogP contribution in [0.5, 0.6) is 0 Å². The first-order valence-corrected chi connectivity index (χ1v) is 6.00. The van der Waals surface area contributed by atoms with Crippen molar-refractivity contribution in [3.05, 3.63) is 18.3 Å². The molecule has 2 rings (SSSR count). The summed E-state index contributed by atoms with van der Waals surface area (Å²) < 4.78 is 0. The van der Waals surface area contributed by atoms with Crippen LogP contribution in [-0.2, 0) is 0 Å². The van der Waals surface area contributed by atoms with Gasteiger partial charge < -0.3 is 19.8 Å². The van der Waals surface area contributed by atoms with Crippen molar-refractivity contribution in [1.29, 1.82) is 0 Å². The molecule has 2 N–H and O–H groups in total. The van der Waals surface area contributed by atoms with Gasteiger partial charge in [-0.1, -0.05) is 13.0 Å². The second-order valence-electron chi connectivity index (χ2n) is 4.24. The standard InChI is InChI=1S/C11H18BN3O2/c1-2-14-5-7-15(8-6-14)11-4-3-10(9-13-11)12(16)17/h3-4,9,16-17H,2,5-8H2,1H3. The molecule has 5 nitrogen and oxygen atoms in total. The largest absolute Gasteiger partial charge is 0.490 e. The molecule has 1 aliphatic heterocycles. The highest BCUT2D eigenvalue weighted by Crippen LogP contribution is 2.11. The Morgan fingerprint density at radius 1 is 1.24 bits per heavy atom. The Bertz CT molecular complexity index is 350. The number of hydrogen-bond acceptors (Lipinski definition) is 5. The Morgan fingerprint density at radius 3 is 2.41 bits per heavy atom. The van der Waals surface area contributed by atoms with E-state index >= 15 is 0 Å². The van der Waals surface area contributed by atoms with Gasteiger partial charge in [0.2, 0.25) is 0 Å². The summed E-state index contributed by atoms with van der Waals surface area (Å²) in [6.07, 6.45) is 1.52. The maximum absolute atomic E-state index is 8.99. The summed E-state index contributed by atoms with van der Waals surface area (Å²) in [6, 6.07) is 3.55. The van der Waals surface area contributed by atoms with E-state index in [0.29, 0.717) is 5.46 Å². The molecule has 1 fully saturated rings. The lowest BCUT2D eigenvalue weighted by atomic mass is 9.82. The quantitative estimate of drug-likeness (QED) is 0.651. The van der Waals surface area contributed by atoms with Crippen LogP contribution < -0.4 is 10.4 Å². The first-order valence-electron chi connectivity index (χ1n) is 6.00. The first kappa shape index (κ1) is 12.4. The molecular weight excluding hydrogens is 217 g/mol. The number of anilines is 1. The van der Waals surface area contributed by atoms with Gasteiger partial charge in [0.15, 0.2) is 0 Å². The number of pyridine rings is 1. The molecule has 0 unspecified atom stereocenters. The molecular formula is C11H18BN3O2. The van der Waals surface area contributed by atoms with Crippen molar-refractivity contribution in [2.45, 2.75) is 6.92 Å². The van der Waals surface area contributed by atoms with Gasteiger partial charge >= 0.3 is 7.12 Å². The third-order valence-electron chi connectivity index (χ3n) is 3.21. The van der Waals surface area contributed by atoms with Gasteiger partial charge in [-0.2, -0.15) is 0 Å². The summed E-state index contributed by atoms with van der Waals surface area (Å²) in [5.74, 6) is 0.908. The van der Waals surface area contributed by atoms with E-state index in [1.54, 1.807) is 6.07 Å². The SMILES string of the molecule is CCN1CCN(c2ccc(B(O)O)cn2)CC1. The molecule has 0 saturated carbocycles. The van der Waals surface area contributed by atoms with Crippen LogP contribution in [0.2, 0.25) is 0 Å². The summed E-state index contributed by atoms with van der Waals surface area (Å²) in [5.41, 5.74) is 0.431. The highest BCUT2D eigenvalue weighted by atomic mass is 16.4. The number of aromatic nitrogens is 1. The molecule has 0 aliphatic carbocycles. The van der Waals surface area contributed by atoms with Crippen molar-refractivity contribution in [3.63, 3.8) is 0 Å². The molecule has 1 aliphatic rings. The minimum absolute atomic E-state index is 0.431. The van der Waals surface area contributed by atoms with Crippen molar-refractivity contribution in [3.8, 4) is 0 Å². The number of rotatable bonds is 3. The van der Waals surface area contributed by atoms with Crippen molar-refractivity contribution in [2.24, 2.45) is 0 Å². The van der Waals surface area contributed by atoms with E-state index in [4.69, 9.17) is 10.0 Å². The van der Waals surface area contributed by atoms with Gasteiger partial charge in [-0.15, -0.1) is 0 Å². The lowest BCUT2D eigenvalue weighted by Gasteiger charge is -2.34. The molecule has 1 aromatic heterocycles. The predicted molar refractivity (Wildman–Crippen MR) is 68.4 cm³/mol. The molecule has 0 aromatic carbocycles. The third-order valence-corrected chi connectivity index (χ3v) is 3.21. The molecule has 6 heteroatoms. The van der Waals surface area contributed by atoms with Gasteiger partial charge in [-0.05, 0) is 12.6 Å². The van der Waals surface area contributed by atoms with Gasteiger partial charge in [-0.3, -0.25) is 0 Å². The second kappa shape index (κ2) is 5.49. The Balaban J connectivity index is 1.99. The number of nitrogens with zero attached hydrogens (tertiary/aromatic N) is 3. The summed E-state index contributed by atoms with van der Waals surface area (Å²) in [7, 11) is -1.44. The fourth-order valence-corrected chi connectivity index (χ4v) is 2.03. The van der Waals surface area contributed by atoms with E-state index in [1.807, 2.05) is 6.07 Å². The van der Waals surface area contributed by atoms with Crippen molar-refractivity contribution in [1.82, 2.24) is 9.88 Å². The summed E-state index contributed by atoms with van der Waals surface area (Å²) in [6.45, 7) is 7.33. The van der Waals surface area contributed by atoms with E-state index in [2.05, 4.69) is 21.7 Å². The number of hydrogen-bond donors (Lipinski definition) is 2. The van der Waals surface area contributed by atoms with Crippen LogP contribution in [0.25, 0.3) is 0 Å². The normalized spacial score (nSPS) is 17.2. The van der Waals surface area contributed by atoms with Gasteiger partial charge in [0.05, 0.1) is 0 Å². The maximum Gasteiger partial charge on any atom is 0.490 e. The van der Waals surface area contributed by atoms with Crippen molar-refractivity contribution in [2.75, 3.05) is 37.6 Å². The lowest BCUT2D eigenvalue weighted by molar-refractivity contribution is 0.270. The molecule has 1 aromatic rings. The van der Waals surface area contributed by atoms with Crippen LogP contribution in [0, 0.1) is 0 Å². The van der Waals surface area contributed by atoms with Crippen LogP contribution in [0.3, 0.4) is 0 Å². The molecule has 0 atom stereocenters. The van der Waals surface area contributed by atoms with Crippen molar-refractivity contribution < 1.29 is 10.0 Å². The minimum atomic E-state index is -1.44. The van der Waals surface area contributed by atoms with E-state index in [9.17, 15) is 0 Å². The fraction of sp³-hybridized carbons (Fsp3) is 0.545. The Morgan fingerprint density at radius 2 is 1.94 bits per heavy atom. The third kappa shape index (κ3) is 2.97. The van der Waals surface area contributed by atoms with E-state index < -0.39 is 7.12 Å². The van der Waals surface area contributed by atoms with E-state index in [1.165, 1.54) is 6.20 Å². The Kier molecular flexibility index (Phi) is 3.99. The van der Waals surface area contributed by atoms with Crippen LogP contribution in [0.4, 0.5) is 5.82 Å². The van der Waals surface area contributed by atoms with Gasteiger partial charge in [0.1, 0.15) is 5.82 Å². The highest BCUT2D eigenvalue weighted by molar-refractivity contribution is 6.58. The smallest absolute Gasteiger partial charge is 0.423 e. The minimum Gasteiger partial charge on any atom is -0.423 e. The second-order valence-corrected chi connectivity index (χ2v) is 4.24. The first-order chi connectivity index (χ1) is 8.20. The zero-order valence-corrected chi connectivity index (χ0v) is 10.1. The average Bonchev–Trinajstić information content (AvgIpc) is 2.39. The summed E-state index contributed by atoms with van der Waals surface area (Å²) >= 11 is 0. The molecule has 1 saturated heterocycles. The number of piperazine rings is 1. The topological polar surface area (TPSA) is 59.8 Å². The molecule has 2 heterocycles. The average molecular weight is 235 g/mol. The van der Waals surface area contributed by atoms with E-state index in [0.717, 1.165) is 38.5 Å². The van der Waals surface area contributed by atoms with Crippen LogP contribution in [0.1, 0.15) is 6.92 Å². The molecule has 92 valence electrons. The lowest BCUT2D eigenvalue weighted by Crippen LogP contribution is -2.46. The van der Waals surface area contributed by atoms with E-state index in [-0.39, 0.29) is 0 Å². The summed E-state index contributed by atoms with van der Waals surface area (Å²) in [5, 5.41) is 18.0. The number of likely N-dealkylation sites (N-methyl/N-ethyl adjacent to an activating group) is 1. The zero-order chi connectivity index (χ0) is 12.3. The molecule has 0 amide bonds.